The van der Waals surface area contributed by atoms with E-state index in [1.807, 2.05) is 30.3 Å². The van der Waals surface area contributed by atoms with Crippen LogP contribution in [0.3, 0.4) is 0 Å². The number of hydrogen-bond donors (Lipinski definition) is 1. The molecule has 0 aliphatic heterocycles. The number of ether oxygens (including phenoxy) is 2. The maximum absolute atomic E-state index is 12.6. The molecule has 0 fully saturated rings. The number of amides is 1. The van der Waals surface area contributed by atoms with Gasteiger partial charge in [0, 0.05) is 11.8 Å². The van der Waals surface area contributed by atoms with E-state index in [2.05, 4.69) is 5.32 Å². The van der Waals surface area contributed by atoms with E-state index in [0.717, 1.165) is 10.1 Å². The van der Waals surface area contributed by atoms with Crippen LogP contribution in [0.25, 0.3) is 10.1 Å². The first-order valence-corrected chi connectivity index (χ1v) is 8.58. The van der Waals surface area contributed by atoms with Gasteiger partial charge in [-0.15, -0.1) is 11.3 Å². The van der Waals surface area contributed by atoms with Gasteiger partial charge in [0.1, 0.15) is 6.61 Å². The second-order valence-electron chi connectivity index (χ2n) is 5.06. The molecule has 24 heavy (non-hydrogen) atoms. The quantitative estimate of drug-likeness (QED) is 0.639. The standard InChI is InChI=1S/C18H16ClNO3S/c1-22-9-10-23-17-13(19)6-4-7-14(17)20-18(21)16-11-12-5-2-3-8-15(12)24-16/h2-8,11H,9-10H2,1H3,(H,20,21). The highest BCUT2D eigenvalue weighted by molar-refractivity contribution is 7.20. The highest BCUT2D eigenvalue weighted by Crippen LogP contribution is 2.34. The Bertz CT molecular complexity index is 829. The summed E-state index contributed by atoms with van der Waals surface area (Å²) in [5.74, 6) is 0.265. The van der Waals surface area contributed by atoms with E-state index < -0.39 is 0 Å². The summed E-state index contributed by atoms with van der Waals surface area (Å²) in [6.45, 7) is 0.793. The van der Waals surface area contributed by atoms with Crippen molar-refractivity contribution in [3.05, 3.63) is 58.4 Å². The van der Waals surface area contributed by atoms with Crippen LogP contribution in [0.1, 0.15) is 9.67 Å². The summed E-state index contributed by atoms with van der Waals surface area (Å²) in [6, 6.07) is 15.0. The van der Waals surface area contributed by atoms with Gasteiger partial charge in [-0.3, -0.25) is 4.79 Å². The largest absolute Gasteiger partial charge is 0.487 e. The van der Waals surface area contributed by atoms with E-state index in [1.54, 1.807) is 25.3 Å². The van der Waals surface area contributed by atoms with Crippen molar-refractivity contribution in [2.75, 3.05) is 25.6 Å². The Kier molecular flexibility index (Phi) is 5.35. The van der Waals surface area contributed by atoms with E-state index >= 15 is 0 Å². The zero-order chi connectivity index (χ0) is 16.9. The summed E-state index contributed by atoms with van der Waals surface area (Å²) in [4.78, 5) is 13.2. The molecule has 0 bridgehead atoms. The summed E-state index contributed by atoms with van der Waals surface area (Å²) in [7, 11) is 1.60. The van der Waals surface area contributed by atoms with E-state index in [-0.39, 0.29) is 5.91 Å². The van der Waals surface area contributed by atoms with Crippen LogP contribution < -0.4 is 10.1 Å². The van der Waals surface area contributed by atoms with Crippen LogP contribution in [-0.2, 0) is 4.74 Å². The van der Waals surface area contributed by atoms with Crippen molar-refractivity contribution in [3.8, 4) is 5.75 Å². The van der Waals surface area contributed by atoms with Gasteiger partial charge >= 0.3 is 0 Å². The van der Waals surface area contributed by atoms with Gasteiger partial charge < -0.3 is 14.8 Å². The SMILES string of the molecule is COCCOc1c(Cl)cccc1NC(=O)c1cc2ccccc2s1. The van der Waals surface area contributed by atoms with Gasteiger partial charge in [0.15, 0.2) is 5.75 Å². The van der Waals surface area contributed by atoms with Gasteiger partial charge in [0.05, 0.1) is 22.2 Å². The molecule has 3 rings (SSSR count). The third-order valence-electron chi connectivity index (χ3n) is 3.40. The molecule has 0 spiro atoms. The van der Waals surface area contributed by atoms with Crippen LogP contribution in [-0.4, -0.2) is 26.2 Å². The number of hydrogen-bond acceptors (Lipinski definition) is 4. The minimum Gasteiger partial charge on any atom is -0.487 e. The average molecular weight is 362 g/mol. The molecule has 0 unspecified atom stereocenters. The number of anilines is 1. The number of fused-ring (bicyclic) bond motifs is 1. The fourth-order valence-electron chi connectivity index (χ4n) is 2.26. The minimum atomic E-state index is -0.185. The Hall–Kier alpha value is -2.08. The molecule has 0 radical (unpaired) electrons. The normalized spacial score (nSPS) is 10.8. The van der Waals surface area contributed by atoms with Gasteiger partial charge in [-0.2, -0.15) is 0 Å². The maximum atomic E-state index is 12.6. The number of thiophene rings is 1. The summed E-state index contributed by atoms with van der Waals surface area (Å²) in [5.41, 5.74) is 0.543. The highest BCUT2D eigenvalue weighted by atomic mass is 35.5. The summed E-state index contributed by atoms with van der Waals surface area (Å²) in [6.07, 6.45) is 0. The molecule has 1 heterocycles. The van der Waals surface area contributed by atoms with Crippen LogP contribution >= 0.6 is 22.9 Å². The van der Waals surface area contributed by atoms with Crippen molar-refractivity contribution in [2.45, 2.75) is 0 Å². The van der Waals surface area contributed by atoms with Crippen LogP contribution in [0, 0.1) is 0 Å². The van der Waals surface area contributed by atoms with Crippen LogP contribution in [0.5, 0.6) is 5.75 Å². The summed E-state index contributed by atoms with van der Waals surface area (Å²) < 4.78 is 11.7. The van der Waals surface area contributed by atoms with E-state index in [4.69, 9.17) is 21.1 Å². The highest BCUT2D eigenvalue weighted by Gasteiger charge is 2.15. The number of carbonyl (C=O) groups is 1. The summed E-state index contributed by atoms with van der Waals surface area (Å²) in [5, 5.41) is 4.37. The first-order valence-electron chi connectivity index (χ1n) is 7.39. The Morgan fingerprint density at radius 2 is 2.00 bits per heavy atom. The molecule has 3 aromatic rings. The molecule has 0 aliphatic carbocycles. The summed E-state index contributed by atoms with van der Waals surface area (Å²) >= 11 is 7.64. The van der Waals surface area contributed by atoms with Crippen LogP contribution in [0.15, 0.2) is 48.5 Å². The number of para-hydroxylation sites is 1. The molecule has 6 heteroatoms. The van der Waals surface area contributed by atoms with Crippen molar-refractivity contribution in [1.82, 2.24) is 0 Å². The molecule has 1 aromatic heterocycles. The molecule has 1 N–H and O–H groups in total. The topological polar surface area (TPSA) is 47.6 Å². The Morgan fingerprint density at radius 1 is 1.17 bits per heavy atom. The zero-order valence-electron chi connectivity index (χ0n) is 13.0. The first-order chi connectivity index (χ1) is 11.7. The Morgan fingerprint density at radius 3 is 2.79 bits per heavy atom. The zero-order valence-corrected chi connectivity index (χ0v) is 14.6. The number of carbonyl (C=O) groups excluding carboxylic acids is 1. The fourth-order valence-corrected chi connectivity index (χ4v) is 3.45. The van der Waals surface area contributed by atoms with Crippen LogP contribution in [0.4, 0.5) is 5.69 Å². The Balaban J connectivity index is 1.82. The molecular weight excluding hydrogens is 346 g/mol. The molecule has 0 saturated heterocycles. The average Bonchev–Trinajstić information content (AvgIpc) is 3.01. The Labute approximate surface area is 149 Å². The van der Waals surface area contributed by atoms with Gasteiger partial charge in [-0.25, -0.2) is 0 Å². The van der Waals surface area contributed by atoms with E-state index in [1.165, 1.54) is 11.3 Å². The molecule has 1 amide bonds. The van der Waals surface area contributed by atoms with Crippen molar-refractivity contribution >= 4 is 44.6 Å². The predicted octanol–water partition coefficient (Wildman–Crippen LogP) is 4.83. The van der Waals surface area contributed by atoms with Crippen molar-refractivity contribution in [3.63, 3.8) is 0 Å². The second kappa shape index (κ2) is 7.66. The predicted molar refractivity (Wildman–Crippen MR) is 98.6 cm³/mol. The van der Waals surface area contributed by atoms with Gasteiger partial charge in [-0.05, 0) is 29.7 Å². The number of nitrogens with one attached hydrogen (secondary N) is 1. The van der Waals surface area contributed by atoms with Crippen LogP contribution in [0.2, 0.25) is 5.02 Å². The molecule has 0 saturated carbocycles. The minimum absolute atomic E-state index is 0.185. The monoisotopic (exact) mass is 361 g/mol. The lowest BCUT2D eigenvalue weighted by Crippen LogP contribution is -2.13. The van der Waals surface area contributed by atoms with E-state index in [0.29, 0.717) is 34.6 Å². The smallest absolute Gasteiger partial charge is 0.265 e. The molecule has 4 nitrogen and oxygen atoms in total. The van der Waals surface area contributed by atoms with Gasteiger partial charge in [0.25, 0.3) is 5.91 Å². The lowest BCUT2D eigenvalue weighted by Gasteiger charge is -2.13. The molecule has 0 atom stereocenters. The molecule has 124 valence electrons. The van der Waals surface area contributed by atoms with Crippen molar-refractivity contribution in [2.24, 2.45) is 0 Å². The number of halogens is 1. The molecular formula is C18H16ClNO3S. The first kappa shape index (κ1) is 16.8. The molecule has 2 aromatic carbocycles. The third-order valence-corrected chi connectivity index (χ3v) is 4.81. The maximum Gasteiger partial charge on any atom is 0.265 e. The van der Waals surface area contributed by atoms with E-state index in [9.17, 15) is 4.79 Å². The number of benzene rings is 2. The third kappa shape index (κ3) is 3.70. The number of methoxy groups -OCH3 is 1. The van der Waals surface area contributed by atoms with Crippen molar-refractivity contribution in [1.29, 1.82) is 0 Å². The van der Waals surface area contributed by atoms with Crippen molar-refractivity contribution < 1.29 is 14.3 Å². The van der Waals surface area contributed by atoms with Gasteiger partial charge in [0.2, 0.25) is 0 Å². The van der Waals surface area contributed by atoms with Gasteiger partial charge in [-0.1, -0.05) is 35.9 Å². The number of rotatable bonds is 6. The lowest BCUT2D eigenvalue weighted by atomic mass is 10.2. The fraction of sp³-hybridized carbons (Fsp3) is 0.167. The molecule has 0 aliphatic rings. The lowest BCUT2D eigenvalue weighted by molar-refractivity contribution is 0.102. The second-order valence-corrected chi connectivity index (χ2v) is 6.55.